The summed E-state index contributed by atoms with van der Waals surface area (Å²) in [6.45, 7) is 30.0. The molecule has 0 heteroatoms. The molecular formula is C88H140. The fourth-order valence-electron chi connectivity index (χ4n) is 37.8. The van der Waals surface area contributed by atoms with Gasteiger partial charge in [-0.1, -0.05) is 95.9 Å². The molecule has 492 valence electrons. The molecule has 0 aromatic heterocycles. The minimum atomic E-state index is 1.03. The van der Waals surface area contributed by atoms with E-state index in [1.165, 1.54) is 199 Å². The summed E-state index contributed by atoms with van der Waals surface area (Å²) in [6, 6.07) is 0. The Balaban J connectivity index is 0.0000000786. The maximum Gasteiger partial charge on any atom is -0.0318 e. The van der Waals surface area contributed by atoms with Crippen molar-refractivity contribution in [3.05, 3.63) is 0 Å². The van der Waals surface area contributed by atoms with E-state index in [-0.39, 0.29) is 0 Å². The third kappa shape index (κ3) is 8.78. The van der Waals surface area contributed by atoms with Crippen LogP contribution in [0.5, 0.6) is 0 Å². The van der Waals surface area contributed by atoms with Crippen molar-refractivity contribution >= 4 is 0 Å². The lowest BCUT2D eigenvalue weighted by atomic mass is 9.56. The van der Waals surface area contributed by atoms with Crippen molar-refractivity contribution in [2.24, 2.45) is 284 Å². The zero-order chi connectivity index (χ0) is 59.5. The highest BCUT2D eigenvalue weighted by molar-refractivity contribution is 5.23. The lowest BCUT2D eigenvalue weighted by Crippen LogP contribution is -2.45. The number of hydrogen-bond acceptors (Lipinski definition) is 0. The molecule has 24 rings (SSSR count). The van der Waals surface area contributed by atoms with Crippen molar-refractivity contribution in [3.63, 3.8) is 0 Å². The molecule has 48 unspecified atom stereocenters. The smallest absolute Gasteiger partial charge is 0.0318 e. The molecule has 0 spiro atoms. The molecule has 0 aromatic rings. The van der Waals surface area contributed by atoms with Crippen LogP contribution in [-0.4, -0.2) is 0 Å². The SMILES string of the molecule is CC1CC2C(C1)C1CC2C2C3CC(C4C5CC(CC5C)C34)C12.CC1CC2C3CC(C)C(C3)C2C1.CC1CC2CC1C1C3CC(C)C(C3)C21.CC1CC2CC1C1C3CC(C21)C1C2CC(CC2C)C31.CC1CC2CC1CC2C.CC1CCC2CC(C)CCC2C1. The summed E-state index contributed by atoms with van der Waals surface area (Å²) in [4.78, 5) is 0. The Labute approximate surface area is 543 Å². The summed E-state index contributed by atoms with van der Waals surface area (Å²) in [5.41, 5.74) is 0. The van der Waals surface area contributed by atoms with Crippen molar-refractivity contribution in [1.29, 1.82) is 0 Å². The highest BCUT2D eigenvalue weighted by atomic mass is 14.8. The molecule has 48 atom stereocenters. The molecule has 24 aliphatic carbocycles. The van der Waals surface area contributed by atoms with Crippen LogP contribution in [0.4, 0.5) is 0 Å². The summed E-state index contributed by atoms with van der Waals surface area (Å²) >= 11 is 0. The van der Waals surface area contributed by atoms with Gasteiger partial charge in [0.25, 0.3) is 0 Å². The standard InChI is InChI=1S/C22H32.C19H28.C14H22.C12H20.C12H22.C9H16/c1-9-3-13-14(4-9)16-7-15(13)21-17-8-18(22(16)21)20-12-6-11(19(17)20)5-10(12)2;1-8-3-10-5-12(8)18-14-7-15(16(10)18)19-13-6-11(17(14)19)4-9(13)2;1-7-3-9-5-11(7)13-10-4-8(2)12(6-10)14(9)13;1-7-3-11-9-5-8(2)10(6-9)12(11)4-7;1-9-3-5-12-8-10(2)4-6-11(12)7-9;1-6-3-9-5-8(6)4-7(9)2/h9-22H,3-8H2,1-2H3;8-19H,3-7H2,1-2H3;7-14H,3-6H2,1-2H3;7-12H,3-6H2,1-2H3;9-12H,3-8H2,1-2H3;6-9H,3-5H2,1-2H3. The molecule has 0 nitrogen and oxygen atoms in total. The minimum absolute atomic E-state index is 1.03. The van der Waals surface area contributed by atoms with Crippen molar-refractivity contribution in [3.8, 4) is 0 Å². The second kappa shape index (κ2) is 21.8. The van der Waals surface area contributed by atoms with E-state index in [1.807, 2.05) is 0 Å². The fraction of sp³-hybridized carbons (Fsp3) is 1.00. The van der Waals surface area contributed by atoms with Crippen LogP contribution < -0.4 is 0 Å². The molecule has 24 fully saturated rings. The van der Waals surface area contributed by atoms with E-state index < -0.39 is 0 Å². The third-order valence-electron chi connectivity index (χ3n) is 39.6. The molecule has 0 aromatic carbocycles. The first kappa shape index (κ1) is 59.3. The summed E-state index contributed by atoms with van der Waals surface area (Å²) in [7, 11) is 0. The maximum absolute atomic E-state index is 2.60. The Hall–Kier alpha value is 0. The number of rotatable bonds is 0. The van der Waals surface area contributed by atoms with Gasteiger partial charge in [-0.05, 0) is 451 Å². The zero-order valence-electron chi connectivity index (χ0n) is 59.5. The Morgan fingerprint density at radius 1 is 0.125 bits per heavy atom. The van der Waals surface area contributed by atoms with E-state index in [0.717, 1.165) is 136 Å². The van der Waals surface area contributed by atoms with E-state index in [0.29, 0.717) is 0 Å². The van der Waals surface area contributed by atoms with E-state index in [1.54, 1.807) is 128 Å². The molecule has 0 radical (unpaired) electrons. The maximum atomic E-state index is 2.60. The van der Waals surface area contributed by atoms with Gasteiger partial charge in [-0.3, -0.25) is 0 Å². The highest BCUT2D eigenvalue weighted by Gasteiger charge is 2.75. The molecule has 88 heavy (non-hydrogen) atoms. The molecular weight excluding hydrogens is 1060 g/mol. The molecule has 0 N–H and O–H groups in total. The van der Waals surface area contributed by atoms with Crippen LogP contribution in [0.3, 0.4) is 0 Å². The van der Waals surface area contributed by atoms with Crippen LogP contribution in [0.1, 0.15) is 263 Å². The summed E-state index contributed by atoms with van der Waals surface area (Å²) in [6.07, 6.45) is 44.6. The van der Waals surface area contributed by atoms with Crippen LogP contribution in [0.15, 0.2) is 0 Å². The number of fused-ring (bicyclic) bond motifs is 52. The van der Waals surface area contributed by atoms with Crippen LogP contribution in [0.2, 0.25) is 0 Å². The topological polar surface area (TPSA) is 0 Å². The molecule has 24 saturated carbocycles. The average Bonchev–Trinajstić information content (AvgIpc) is 1.51. The molecule has 0 heterocycles. The summed E-state index contributed by atoms with van der Waals surface area (Å²) < 4.78 is 0. The van der Waals surface area contributed by atoms with Crippen molar-refractivity contribution in [1.82, 2.24) is 0 Å². The highest BCUT2D eigenvalue weighted by Crippen LogP contribution is 2.81. The molecule has 24 aliphatic rings. The van der Waals surface area contributed by atoms with Gasteiger partial charge in [0.05, 0.1) is 0 Å². The Morgan fingerprint density at radius 2 is 0.398 bits per heavy atom. The van der Waals surface area contributed by atoms with Crippen LogP contribution in [0.25, 0.3) is 0 Å². The first-order chi connectivity index (χ1) is 42.5. The van der Waals surface area contributed by atoms with Gasteiger partial charge in [-0.2, -0.15) is 0 Å². The molecule has 20 bridgehead atoms. The minimum Gasteiger partial charge on any atom is -0.0625 e. The quantitative estimate of drug-likeness (QED) is 0.212. The van der Waals surface area contributed by atoms with Gasteiger partial charge in [-0.25, -0.2) is 0 Å². The van der Waals surface area contributed by atoms with Gasteiger partial charge >= 0.3 is 0 Å². The van der Waals surface area contributed by atoms with E-state index in [2.05, 4.69) is 83.1 Å². The fourth-order valence-corrected chi connectivity index (χ4v) is 37.8. The largest absolute Gasteiger partial charge is 0.0625 e. The molecule has 0 saturated heterocycles. The van der Waals surface area contributed by atoms with Crippen LogP contribution >= 0.6 is 0 Å². The third-order valence-corrected chi connectivity index (χ3v) is 39.6. The van der Waals surface area contributed by atoms with Gasteiger partial charge in [0.1, 0.15) is 0 Å². The second-order valence-corrected chi connectivity index (χ2v) is 43.0. The van der Waals surface area contributed by atoms with Crippen molar-refractivity contribution in [2.75, 3.05) is 0 Å². The van der Waals surface area contributed by atoms with Gasteiger partial charge < -0.3 is 0 Å². The predicted octanol–water partition coefficient (Wildman–Crippen LogP) is 23.0. The summed E-state index contributed by atoms with van der Waals surface area (Å²) in [5, 5.41) is 0. The van der Waals surface area contributed by atoms with Crippen LogP contribution in [0, 0.1) is 284 Å². The molecule has 0 aliphatic heterocycles. The van der Waals surface area contributed by atoms with Crippen molar-refractivity contribution < 1.29 is 0 Å². The van der Waals surface area contributed by atoms with E-state index in [4.69, 9.17) is 0 Å². The first-order valence-electron chi connectivity index (χ1n) is 42.5. The van der Waals surface area contributed by atoms with E-state index in [9.17, 15) is 0 Å². The van der Waals surface area contributed by atoms with Gasteiger partial charge in [-0.15, -0.1) is 0 Å². The Morgan fingerprint density at radius 3 is 0.773 bits per heavy atom. The van der Waals surface area contributed by atoms with E-state index >= 15 is 0 Å². The van der Waals surface area contributed by atoms with Gasteiger partial charge in [0.15, 0.2) is 0 Å². The summed E-state index contributed by atoms with van der Waals surface area (Å²) in [5.74, 6) is 55.4. The zero-order valence-corrected chi connectivity index (χ0v) is 59.5. The number of hydrogen-bond donors (Lipinski definition) is 0. The Bertz CT molecular complexity index is 2450. The Kier molecular flexibility index (Phi) is 14.7. The van der Waals surface area contributed by atoms with Crippen LogP contribution in [-0.2, 0) is 0 Å². The monoisotopic (exact) mass is 1200 g/mol. The van der Waals surface area contributed by atoms with Gasteiger partial charge in [0, 0.05) is 0 Å². The normalized spacial score (nSPS) is 67.0. The lowest BCUT2D eigenvalue weighted by molar-refractivity contribution is -0.0165. The van der Waals surface area contributed by atoms with Gasteiger partial charge in [0.2, 0.25) is 0 Å². The second-order valence-electron chi connectivity index (χ2n) is 43.0. The predicted molar refractivity (Wildman–Crippen MR) is 365 cm³/mol. The average molecular weight is 1200 g/mol. The lowest BCUT2D eigenvalue weighted by Gasteiger charge is -2.49. The molecule has 0 amide bonds. The van der Waals surface area contributed by atoms with Crippen molar-refractivity contribution in [2.45, 2.75) is 263 Å². The first-order valence-corrected chi connectivity index (χ1v) is 42.5.